The molecule has 8 heteroatoms. The van der Waals surface area contributed by atoms with Gasteiger partial charge in [0.1, 0.15) is 0 Å². The van der Waals surface area contributed by atoms with Crippen LogP contribution in [0.4, 0.5) is 11.4 Å². The van der Waals surface area contributed by atoms with E-state index in [1.807, 2.05) is 24.3 Å². The summed E-state index contributed by atoms with van der Waals surface area (Å²) in [5.74, 6) is 0. The van der Waals surface area contributed by atoms with Gasteiger partial charge in [-0.25, -0.2) is 30.0 Å². The third kappa shape index (κ3) is 9.55. The Kier molecular flexibility index (Phi) is 11.4. The Bertz CT molecular complexity index is 748. The Labute approximate surface area is 142 Å². The highest BCUT2D eigenvalue weighted by Crippen LogP contribution is 2.17. The van der Waals surface area contributed by atoms with Crippen molar-refractivity contribution < 1.29 is 19.2 Å². The number of nitrogens with one attached hydrogen (secondary N) is 2. The zero-order valence-electron chi connectivity index (χ0n) is 12.9. The summed E-state index contributed by atoms with van der Waals surface area (Å²) in [5.41, 5.74) is 3.40. The maximum atomic E-state index is 10.1. The molecular weight excluding hydrogens is 324 g/mol. The van der Waals surface area contributed by atoms with E-state index in [2.05, 4.69) is 9.98 Å². The number of hydrogen-bond donors (Lipinski definition) is 2. The molecule has 2 aromatic rings. The molecule has 0 spiro atoms. The second-order valence-electron chi connectivity index (χ2n) is 4.12. The van der Waals surface area contributed by atoms with Gasteiger partial charge in [-0.2, -0.15) is 9.98 Å². The maximum absolute atomic E-state index is 10.1. The SMILES string of the molecule is N=C=O.N=C=O.O=C=Nc1ccc(Cc2ccc(N=C=O)cc2)cc1. The van der Waals surface area contributed by atoms with Crippen LogP contribution in [0.25, 0.3) is 0 Å². The molecule has 8 nitrogen and oxygen atoms in total. The smallest absolute Gasteiger partial charge is 0.222 e. The lowest BCUT2D eigenvalue weighted by atomic mass is 10.0. The predicted molar refractivity (Wildman–Crippen MR) is 88.1 cm³/mol. The van der Waals surface area contributed by atoms with E-state index in [0.717, 1.165) is 29.7 Å². The molecule has 0 aromatic heterocycles. The molecule has 2 rings (SSSR count). The van der Waals surface area contributed by atoms with Gasteiger partial charge < -0.3 is 0 Å². The fraction of sp³-hybridized carbons (Fsp3) is 0.0588. The molecule has 0 aliphatic heterocycles. The fourth-order valence-electron chi connectivity index (χ4n) is 1.72. The minimum Gasteiger partial charge on any atom is -0.222 e. The molecular formula is C17H12N4O4. The number of isocyanates is 4. The van der Waals surface area contributed by atoms with E-state index in [4.69, 9.17) is 20.4 Å². The minimum absolute atomic E-state index is 0.592. The van der Waals surface area contributed by atoms with Crippen LogP contribution in [0, 0.1) is 10.8 Å². The zero-order valence-corrected chi connectivity index (χ0v) is 12.9. The molecule has 0 fully saturated rings. The van der Waals surface area contributed by atoms with Gasteiger partial charge in [-0.1, -0.05) is 24.3 Å². The predicted octanol–water partition coefficient (Wildman–Crippen LogP) is 3.01. The first-order valence-electron chi connectivity index (χ1n) is 6.56. The molecule has 2 N–H and O–H groups in total. The molecule has 2 aromatic carbocycles. The molecule has 25 heavy (non-hydrogen) atoms. The van der Waals surface area contributed by atoms with Crippen LogP contribution in [-0.2, 0) is 25.6 Å². The number of carbonyl (C=O) groups excluding carboxylic acids is 4. The second kappa shape index (κ2) is 13.6. The number of hydrogen-bond acceptors (Lipinski definition) is 8. The first-order valence-corrected chi connectivity index (χ1v) is 6.56. The summed E-state index contributed by atoms with van der Waals surface area (Å²) in [6.07, 6.45) is 5.27. The van der Waals surface area contributed by atoms with Gasteiger partial charge >= 0.3 is 0 Å². The van der Waals surface area contributed by atoms with Crippen molar-refractivity contribution in [3.63, 3.8) is 0 Å². The van der Waals surface area contributed by atoms with Crippen LogP contribution in [0.2, 0.25) is 0 Å². The van der Waals surface area contributed by atoms with Crippen LogP contribution in [0.5, 0.6) is 0 Å². The van der Waals surface area contributed by atoms with Crippen LogP contribution < -0.4 is 0 Å². The highest BCUT2D eigenvalue weighted by molar-refractivity contribution is 5.51. The summed E-state index contributed by atoms with van der Waals surface area (Å²) in [4.78, 5) is 44.0. The van der Waals surface area contributed by atoms with Gasteiger partial charge in [0.25, 0.3) is 0 Å². The van der Waals surface area contributed by atoms with Crippen LogP contribution >= 0.6 is 0 Å². The maximum Gasteiger partial charge on any atom is 0.240 e. The molecule has 0 amide bonds. The summed E-state index contributed by atoms with van der Waals surface area (Å²) >= 11 is 0. The standard InChI is InChI=1S/C15H10N2O2.2CHNO/c18-10-16-14-5-1-12(2-6-14)9-13-3-7-15(8-4-13)17-11-19;2*2-1-3/h1-8H,9H2;2*2H. The number of nitrogens with zero attached hydrogens (tertiary/aromatic N) is 2. The third-order valence-corrected chi connectivity index (χ3v) is 2.63. The highest BCUT2D eigenvalue weighted by atomic mass is 16.1. The molecule has 0 aliphatic carbocycles. The van der Waals surface area contributed by atoms with Crippen molar-refractivity contribution in [3.05, 3.63) is 59.7 Å². The molecule has 0 saturated carbocycles. The number of aliphatic imine (C=N–C) groups is 2. The van der Waals surface area contributed by atoms with Gasteiger partial charge in [0, 0.05) is 0 Å². The molecule has 0 unspecified atom stereocenters. The van der Waals surface area contributed by atoms with E-state index in [1.54, 1.807) is 24.3 Å². The second-order valence-corrected chi connectivity index (χ2v) is 4.12. The first kappa shape index (κ1) is 21.0. The largest absolute Gasteiger partial charge is 0.240 e. The van der Waals surface area contributed by atoms with E-state index in [9.17, 15) is 9.59 Å². The van der Waals surface area contributed by atoms with Crippen LogP contribution in [0.1, 0.15) is 11.1 Å². The lowest BCUT2D eigenvalue weighted by Gasteiger charge is -2.02. The highest BCUT2D eigenvalue weighted by Gasteiger charge is 1.97. The summed E-state index contributed by atoms with van der Waals surface area (Å²) in [7, 11) is 0. The zero-order chi connectivity index (χ0) is 18.9. The summed E-state index contributed by atoms with van der Waals surface area (Å²) in [6, 6.07) is 14.7. The summed E-state index contributed by atoms with van der Waals surface area (Å²) < 4.78 is 0. The van der Waals surface area contributed by atoms with Crippen molar-refractivity contribution in [2.75, 3.05) is 0 Å². The Morgan fingerprint density at radius 1 is 0.640 bits per heavy atom. The summed E-state index contributed by atoms with van der Waals surface area (Å²) in [6.45, 7) is 0. The van der Waals surface area contributed by atoms with Gasteiger partial charge in [0.2, 0.25) is 24.3 Å². The number of rotatable bonds is 4. The van der Waals surface area contributed by atoms with Gasteiger partial charge in [0.05, 0.1) is 11.4 Å². The van der Waals surface area contributed by atoms with Crippen molar-refractivity contribution in [1.29, 1.82) is 10.8 Å². The Balaban J connectivity index is 0.000000844. The Morgan fingerprint density at radius 2 is 0.920 bits per heavy atom. The van der Waals surface area contributed by atoms with Crippen molar-refractivity contribution in [3.8, 4) is 0 Å². The van der Waals surface area contributed by atoms with Crippen LogP contribution in [-0.4, -0.2) is 24.3 Å². The van der Waals surface area contributed by atoms with Gasteiger partial charge in [-0.05, 0) is 41.8 Å². The molecule has 124 valence electrons. The van der Waals surface area contributed by atoms with Crippen molar-refractivity contribution in [2.24, 2.45) is 9.98 Å². The van der Waals surface area contributed by atoms with Gasteiger partial charge in [-0.3, -0.25) is 0 Å². The fourth-order valence-corrected chi connectivity index (χ4v) is 1.72. The van der Waals surface area contributed by atoms with E-state index in [-0.39, 0.29) is 0 Å². The van der Waals surface area contributed by atoms with Gasteiger partial charge in [0.15, 0.2) is 0 Å². The molecule has 0 saturated heterocycles. The van der Waals surface area contributed by atoms with E-state index in [0.29, 0.717) is 11.4 Å². The Hall–Kier alpha value is -4.04. The number of benzene rings is 2. The van der Waals surface area contributed by atoms with Crippen molar-refractivity contribution >= 4 is 35.7 Å². The summed E-state index contributed by atoms with van der Waals surface area (Å²) in [5, 5.41) is 10.8. The first-order chi connectivity index (χ1) is 12.1. The molecule has 0 radical (unpaired) electrons. The molecule has 0 heterocycles. The van der Waals surface area contributed by atoms with Crippen LogP contribution in [0.15, 0.2) is 58.5 Å². The quantitative estimate of drug-likeness (QED) is 0.653. The van der Waals surface area contributed by atoms with E-state index in [1.165, 1.54) is 12.2 Å². The average Bonchev–Trinajstić information content (AvgIpc) is 2.60. The Morgan fingerprint density at radius 3 is 1.16 bits per heavy atom. The minimum atomic E-state index is 0.592. The lowest BCUT2D eigenvalue weighted by Crippen LogP contribution is -1.86. The topological polar surface area (TPSA) is 141 Å². The van der Waals surface area contributed by atoms with Gasteiger partial charge in [-0.15, -0.1) is 0 Å². The van der Waals surface area contributed by atoms with Crippen molar-refractivity contribution in [2.45, 2.75) is 6.42 Å². The molecule has 0 bridgehead atoms. The average molecular weight is 336 g/mol. The lowest BCUT2D eigenvalue weighted by molar-refractivity contribution is 0.562. The van der Waals surface area contributed by atoms with Crippen LogP contribution in [0.3, 0.4) is 0 Å². The molecule has 0 atom stereocenters. The normalized spacial score (nSPS) is 7.68. The third-order valence-electron chi connectivity index (χ3n) is 2.63. The van der Waals surface area contributed by atoms with E-state index < -0.39 is 0 Å². The molecule has 0 aliphatic rings. The monoisotopic (exact) mass is 336 g/mol. The van der Waals surface area contributed by atoms with Crippen molar-refractivity contribution in [1.82, 2.24) is 0 Å². The van der Waals surface area contributed by atoms with E-state index >= 15 is 0 Å².